The van der Waals surface area contributed by atoms with Gasteiger partial charge in [0.2, 0.25) is 0 Å². The lowest BCUT2D eigenvalue weighted by molar-refractivity contribution is 0.0937. The molecule has 2 rings (SSSR count). The summed E-state index contributed by atoms with van der Waals surface area (Å²) in [6, 6.07) is 1.78. The first-order chi connectivity index (χ1) is 10.2. The van der Waals surface area contributed by atoms with Crippen LogP contribution < -0.4 is 10.6 Å². The molecule has 118 valence electrons. The van der Waals surface area contributed by atoms with E-state index in [1.807, 2.05) is 7.05 Å². The molecule has 6 nitrogen and oxygen atoms in total. The molecule has 0 bridgehead atoms. The lowest BCUT2D eigenvalue weighted by Crippen LogP contribution is -2.48. The van der Waals surface area contributed by atoms with E-state index >= 15 is 0 Å². The largest absolute Gasteiger partial charge is 0.467 e. The number of hydrogen-bond donors (Lipinski definition) is 2. The average Bonchev–Trinajstić information content (AvgIpc) is 2.97. The van der Waals surface area contributed by atoms with Crippen LogP contribution in [0.3, 0.4) is 0 Å². The molecule has 1 aliphatic heterocycles. The van der Waals surface area contributed by atoms with Crippen molar-refractivity contribution in [3.8, 4) is 0 Å². The summed E-state index contributed by atoms with van der Waals surface area (Å²) in [6.45, 7) is 9.96. The molecule has 0 aliphatic carbocycles. The third kappa shape index (κ3) is 4.84. The minimum Gasteiger partial charge on any atom is -0.467 e. The zero-order valence-electron chi connectivity index (χ0n) is 13.0. The lowest BCUT2D eigenvalue weighted by Gasteiger charge is -2.33. The van der Waals surface area contributed by atoms with E-state index < -0.39 is 0 Å². The minimum absolute atomic E-state index is 0.0618. The van der Waals surface area contributed by atoms with Gasteiger partial charge >= 0.3 is 0 Å². The van der Waals surface area contributed by atoms with E-state index in [2.05, 4.69) is 27.4 Å². The molecular formula is C15H26N4O2. The number of carbonyl (C=O) groups is 1. The van der Waals surface area contributed by atoms with Crippen LogP contribution >= 0.6 is 0 Å². The molecule has 0 atom stereocenters. The highest BCUT2D eigenvalue weighted by Gasteiger charge is 2.15. The Morgan fingerprint density at radius 1 is 1.29 bits per heavy atom. The smallest absolute Gasteiger partial charge is 0.254 e. The van der Waals surface area contributed by atoms with Crippen LogP contribution in [0.5, 0.6) is 0 Å². The fourth-order valence-electron chi connectivity index (χ4n) is 2.53. The minimum atomic E-state index is -0.0618. The topological polar surface area (TPSA) is 60.8 Å². The average molecular weight is 294 g/mol. The molecule has 1 saturated heterocycles. The van der Waals surface area contributed by atoms with E-state index in [0.29, 0.717) is 18.7 Å². The van der Waals surface area contributed by atoms with Crippen LogP contribution in [0.1, 0.15) is 23.0 Å². The number of piperazine rings is 1. The highest BCUT2D eigenvalue weighted by Crippen LogP contribution is 2.07. The van der Waals surface area contributed by atoms with Gasteiger partial charge in [-0.15, -0.1) is 0 Å². The van der Waals surface area contributed by atoms with Crippen molar-refractivity contribution in [1.82, 2.24) is 20.4 Å². The number of furan rings is 1. The molecule has 0 aromatic carbocycles. The number of amides is 1. The Kier molecular flexibility index (Phi) is 6.22. The maximum absolute atomic E-state index is 12.0. The molecule has 2 N–H and O–H groups in total. The molecule has 0 saturated carbocycles. The van der Waals surface area contributed by atoms with E-state index in [-0.39, 0.29) is 5.91 Å². The molecule has 1 aromatic heterocycles. The molecular weight excluding hydrogens is 268 g/mol. The Labute approximate surface area is 126 Å². The number of likely N-dealkylation sites (N-methyl/N-ethyl adjacent to an activating group) is 1. The van der Waals surface area contributed by atoms with Gasteiger partial charge in [-0.25, -0.2) is 0 Å². The molecule has 1 aliphatic rings. The first-order valence-corrected chi connectivity index (χ1v) is 7.68. The highest BCUT2D eigenvalue weighted by atomic mass is 16.3. The van der Waals surface area contributed by atoms with Gasteiger partial charge in [0.15, 0.2) is 0 Å². The van der Waals surface area contributed by atoms with Gasteiger partial charge in [-0.2, -0.15) is 0 Å². The van der Waals surface area contributed by atoms with Crippen molar-refractivity contribution in [3.05, 3.63) is 23.7 Å². The molecule has 1 fully saturated rings. The summed E-state index contributed by atoms with van der Waals surface area (Å²) in [4.78, 5) is 16.8. The second-order valence-electron chi connectivity index (χ2n) is 5.36. The van der Waals surface area contributed by atoms with Gasteiger partial charge in [0.25, 0.3) is 5.91 Å². The van der Waals surface area contributed by atoms with E-state index in [1.54, 1.807) is 6.07 Å². The summed E-state index contributed by atoms with van der Waals surface area (Å²) < 4.78 is 5.31. The van der Waals surface area contributed by atoms with E-state index in [0.717, 1.165) is 45.0 Å². The molecule has 1 aromatic rings. The zero-order chi connectivity index (χ0) is 15.1. The van der Waals surface area contributed by atoms with Crippen LogP contribution in [0.2, 0.25) is 0 Å². The van der Waals surface area contributed by atoms with Crippen molar-refractivity contribution in [3.63, 3.8) is 0 Å². The summed E-state index contributed by atoms with van der Waals surface area (Å²) in [7, 11) is 1.85. The van der Waals surface area contributed by atoms with Gasteiger partial charge in [0.05, 0.1) is 12.1 Å². The van der Waals surface area contributed by atoms with Gasteiger partial charge < -0.3 is 20.0 Å². The Hall–Kier alpha value is -1.37. The fraction of sp³-hybridized carbons (Fsp3) is 0.667. The molecule has 2 heterocycles. The molecule has 0 unspecified atom stereocenters. The predicted molar refractivity (Wildman–Crippen MR) is 82.4 cm³/mol. The molecule has 21 heavy (non-hydrogen) atoms. The molecule has 0 spiro atoms. The van der Waals surface area contributed by atoms with E-state index in [4.69, 9.17) is 4.42 Å². The SMILES string of the molecule is CCN1CCN(CCNC(=O)c2coc(CNC)c2)CC1. The quantitative estimate of drug-likeness (QED) is 0.761. The van der Waals surface area contributed by atoms with Crippen LogP contribution in [-0.2, 0) is 6.54 Å². The van der Waals surface area contributed by atoms with Gasteiger partial charge in [-0.05, 0) is 19.7 Å². The number of hydrogen-bond acceptors (Lipinski definition) is 5. The van der Waals surface area contributed by atoms with Gasteiger partial charge in [0.1, 0.15) is 12.0 Å². The number of nitrogens with zero attached hydrogens (tertiary/aromatic N) is 2. The monoisotopic (exact) mass is 294 g/mol. The van der Waals surface area contributed by atoms with Gasteiger partial charge in [-0.3, -0.25) is 9.69 Å². The van der Waals surface area contributed by atoms with Crippen LogP contribution in [0.4, 0.5) is 0 Å². The summed E-state index contributed by atoms with van der Waals surface area (Å²) in [5, 5.41) is 5.95. The van der Waals surface area contributed by atoms with Crippen molar-refractivity contribution < 1.29 is 9.21 Å². The van der Waals surface area contributed by atoms with Crippen LogP contribution in [0.15, 0.2) is 16.7 Å². The predicted octanol–water partition coefficient (Wildman–Crippen LogP) is 0.366. The molecule has 0 radical (unpaired) electrons. The normalized spacial score (nSPS) is 17.0. The maximum Gasteiger partial charge on any atom is 0.254 e. The Bertz CT molecular complexity index is 439. The van der Waals surface area contributed by atoms with Crippen molar-refractivity contribution in [1.29, 1.82) is 0 Å². The summed E-state index contributed by atoms with van der Waals surface area (Å²) in [6.07, 6.45) is 1.52. The summed E-state index contributed by atoms with van der Waals surface area (Å²) >= 11 is 0. The number of carbonyl (C=O) groups excluding carboxylic acids is 1. The summed E-state index contributed by atoms with van der Waals surface area (Å²) in [5.41, 5.74) is 0.594. The van der Waals surface area contributed by atoms with Crippen molar-refractivity contribution in [2.45, 2.75) is 13.5 Å². The Morgan fingerprint density at radius 3 is 2.67 bits per heavy atom. The second kappa shape index (κ2) is 8.17. The molecule has 1 amide bonds. The third-order valence-corrected chi connectivity index (χ3v) is 3.89. The van der Waals surface area contributed by atoms with Gasteiger partial charge in [0, 0.05) is 39.3 Å². The van der Waals surface area contributed by atoms with Crippen molar-refractivity contribution in [2.75, 3.05) is 52.9 Å². The van der Waals surface area contributed by atoms with E-state index in [9.17, 15) is 4.79 Å². The first-order valence-electron chi connectivity index (χ1n) is 7.68. The molecule has 6 heteroatoms. The van der Waals surface area contributed by atoms with Crippen LogP contribution in [0, 0.1) is 0 Å². The van der Waals surface area contributed by atoms with Crippen LogP contribution in [0.25, 0.3) is 0 Å². The number of nitrogens with one attached hydrogen (secondary N) is 2. The van der Waals surface area contributed by atoms with Crippen molar-refractivity contribution in [2.24, 2.45) is 0 Å². The van der Waals surface area contributed by atoms with E-state index in [1.165, 1.54) is 6.26 Å². The Balaban J connectivity index is 1.67. The number of rotatable bonds is 7. The first kappa shape index (κ1) is 16.0. The summed E-state index contributed by atoms with van der Waals surface area (Å²) in [5.74, 6) is 0.714. The van der Waals surface area contributed by atoms with Crippen molar-refractivity contribution >= 4 is 5.91 Å². The zero-order valence-corrected chi connectivity index (χ0v) is 13.0. The highest BCUT2D eigenvalue weighted by molar-refractivity contribution is 5.93. The maximum atomic E-state index is 12.0. The van der Waals surface area contributed by atoms with Crippen LogP contribution in [-0.4, -0.2) is 68.6 Å². The lowest BCUT2D eigenvalue weighted by atomic mass is 10.3. The second-order valence-corrected chi connectivity index (χ2v) is 5.36. The fourth-order valence-corrected chi connectivity index (χ4v) is 2.53. The standard InChI is InChI=1S/C15H26N4O2/c1-3-18-6-8-19(9-7-18)5-4-17-15(20)13-10-14(11-16-2)21-12-13/h10,12,16H,3-9,11H2,1-2H3,(H,17,20). The Morgan fingerprint density at radius 2 is 2.00 bits per heavy atom. The van der Waals surface area contributed by atoms with Gasteiger partial charge in [-0.1, -0.05) is 6.92 Å². The third-order valence-electron chi connectivity index (χ3n) is 3.89.